The minimum atomic E-state index is 0.626. The lowest BCUT2D eigenvalue weighted by Gasteiger charge is -2.30. The highest BCUT2D eigenvalue weighted by Gasteiger charge is 2.24. The van der Waals surface area contributed by atoms with Crippen LogP contribution in [0, 0.1) is 6.92 Å². The van der Waals surface area contributed by atoms with Gasteiger partial charge in [-0.25, -0.2) is 4.98 Å². The van der Waals surface area contributed by atoms with Gasteiger partial charge in [-0.05, 0) is 47.3 Å². The smallest absolute Gasteiger partial charge is 0.131 e. The number of rotatable bonds is 4. The van der Waals surface area contributed by atoms with Crippen LogP contribution in [-0.2, 0) is 0 Å². The SMILES string of the molecule is Cc1cc(Br)cnc1N(CCCl)C1CCCC1. The molecule has 1 aromatic rings. The van der Waals surface area contributed by atoms with E-state index in [2.05, 4.69) is 38.8 Å². The van der Waals surface area contributed by atoms with Crippen molar-refractivity contribution in [3.8, 4) is 0 Å². The number of alkyl halides is 1. The molecule has 1 aliphatic carbocycles. The van der Waals surface area contributed by atoms with Gasteiger partial charge in [0, 0.05) is 29.1 Å². The molecule has 0 bridgehead atoms. The van der Waals surface area contributed by atoms with Gasteiger partial charge in [0.2, 0.25) is 0 Å². The molecule has 1 heterocycles. The van der Waals surface area contributed by atoms with Crippen LogP contribution in [0.25, 0.3) is 0 Å². The Labute approximate surface area is 116 Å². The van der Waals surface area contributed by atoms with Crippen LogP contribution >= 0.6 is 27.5 Å². The van der Waals surface area contributed by atoms with Crippen molar-refractivity contribution in [1.82, 2.24) is 4.98 Å². The molecule has 0 aliphatic heterocycles. The predicted molar refractivity (Wildman–Crippen MR) is 77.0 cm³/mol. The molecule has 1 saturated carbocycles. The van der Waals surface area contributed by atoms with Crippen LogP contribution in [0.4, 0.5) is 5.82 Å². The third kappa shape index (κ3) is 3.14. The number of nitrogens with zero attached hydrogens (tertiary/aromatic N) is 2. The van der Waals surface area contributed by atoms with Gasteiger partial charge in [-0.1, -0.05) is 12.8 Å². The maximum atomic E-state index is 5.93. The summed E-state index contributed by atoms with van der Waals surface area (Å²) < 4.78 is 1.04. The summed E-state index contributed by atoms with van der Waals surface area (Å²) in [6.07, 6.45) is 7.08. The fourth-order valence-corrected chi connectivity index (χ4v) is 3.23. The molecule has 94 valence electrons. The topological polar surface area (TPSA) is 16.1 Å². The molecule has 1 aromatic heterocycles. The molecule has 17 heavy (non-hydrogen) atoms. The van der Waals surface area contributed by atoms with E-state index in [1.165, 1.54) is 31.2 Å². The summed E-state index contributed by atoms with van der Waals surface area (Å²) in [6, 6.07) is 2.75. The normalized spacial score (nSPS) is 16.4. The van der Waals surface area contributed by atoms with E-state index < -0.39 is 0 Å². The van der Waals surface area contributed by atoms with Gasteiger partial charge in [0.1, 0.15) is 5.82 Å². The van der Waals surface area contributed by atoms with E-state index in [9.17, 15) is 0 Å². The highest BCUT2D eigenvalue weighted by molar-refractivity contribution is 9.10. The zero-order valence-electron chi connectivity index (χ0n) is 10.1. The number of aromatic nitrogens is 1. The highest BCUT2D eigenvalue weighted by Crippen LogP contribution is 2.29. The van der Waals surface area contributed by atoms with Gasteiger partial charge in [0.05, 0.1) is 0 Å². The van der Waals surface area contributed by atoms with Gasteiger partial charge < -0.3 is 4.90 Å². The van der Waals surface area contributed by atoms with Crippen LogP contribution in [0.5, 0.6) is 0 Å². The molecule has 2 nitrogen and oxygen atoms in total. The minimum absolute atomic E-state index is 0.626. The van der Waals surface area contributed by atoms with Crippen LogP contribution < -0.4 is 4.90 Å². The second kappa shape index (κ2) is 6.05. The summed E-state index contributed by atoms with van der Waals surface area (Å²) in [5.74, 6) is 1.76. The van der Waals surface area contributed by atoms with E-state index in [-0.39, 0.29) is 0 Å². The summed E-state index contributed by atoms with van der Waals surface area (Å²) >= 11 is 9.39. The molecular formula is C13H18BrClN2. The average molecular weight is 318 g/mol. The molecule has 0 unspecified atom stereocenters. The quantitative estimate of drug-likeness (QED) is 0.776. The zero-order valence-corrected chi connectivity index (χ0v) is 12.5. The number of hydrogen-bond acceptors (Lipinski definition) is 2. The fourth-order valence-electron chi connectivity index (χ4n) is 2.60. The van der Waals surface area contributed by atoms with E-state index in [0.29, 0.717) is 11.9 Å². The number of anilines is 1. The van der Waals surface area contributed by atoms with E-state index in [0.717, 1.165) is 16.8 Å². The number of pyridine rings is 1. The maximum Gasteiger partial charge on any atom is 0.131 e. The number of aryl methyl sites for hydroxylation is 1. The monoisotopic (exact) mass is 316 g/mol. The molecule has 0 N–H and O–H groups in total. The molecule has 1 fully saturated rings. The lowest BCUT2D eigenvalue weighted by Crippen LogP contribution is -2.36. The van der Waals surface area contributed by atoms with Gasteiger partial charge in [-0.3, -0.25) is 0 Å². The molecule has 0 saturated heterocycles. The molecule has 2 rings (SSSR count). The Hall–Kier alpha value is -0.280. The largest absolute Gasteiger partial charge is 0.352 e. The van der Waals surface area contributed by atoms with Crippen molar-refractivity contribution in [2.75, 3.05) is 17.3 Å². The molecule has 0 aromatic carbocycles. The fraction of sp³-hybridized carbons (Fsp3) is 0.615. The first kappa shape index (κ1) is 13.2. The second-order valence-electron chi connectivity index (χ2n) is 4.61. The summed E-state index contributed by atoms with van der Waals surface area (Å²) in [7, 11) is 0. The van der Waals surface area contributed by atoms with E-state index >= 15 is 0 Å². The first-order valence-corrected chi connectivity index (χ1v) is 7.50. The Morgan fingerprint density at radius 2 is 2.18 bits per heavy atom. The second-order valence-corrected chi connectivity index (χ2v) is 5.91. The minimum Gasteiger partial charge on any atom is -0.352 e. The lowest BCUT2D eigenvalue weighted by molar-refractivity contribution is 0.613. The third-order valence-electron chi connectivity index (χ3n) is 3.38. The van der Waals surface area contributed by atoms with Gasteiger partial charge in [-0.15, -0.1) is 11.6 Å². The van der Waals surface area contributed by atoms with Crippen molar-refractivity contribution in [3.63, 3.8) is 0 Å². The summed E-state index contributed by atoms with van der Waals surface area (Å²) in [6.45, 7) is 3.00. The van der Waals surface area contributed by atoms with Crippen molar-refractivity contribution in [3.05, 3.63) is 22.3 Å². The Morgan fingerprint density at radius 3 is 2.76 bits per heavy atom. The van der Waals surface area contributed by atoms with Crippen molar-refractivity contribution in [2.45, 2.75) is 38.6 Å². The van der Waals surface area contributed by atoms with Crippen LogP contribution in [0.1, 0.15) is 31.2 Å². The number of hydrogen-bond donors (Lipinski definition) is 0. The van der Waals surface area contributed by atoms with Gasteiger partial charge in [0.25, 0.3) is 0 Å². The average Bonchev–Trinajstić information content (AvgIpc) is 2.80. The van der Waals surface area contributed by atoms with Crippen molar-refractivity contribution in [1.29, 1.82) is 0 Å². The Balaban J connectivity index is 2.24. The predicted octanol–water partition coefficient (Wildman–Crippen LogP) is 4.14. The van der Waals surface area contributed by atoms with Crippen LogP contribution in [0.2, 0.25) is 0 Å². The molecule has 0 amide bonds. The summed E-state index contributed by atoms with van der Waals surface area (Å²) in [5.41, 5.74) is 1.22. The Morgan fingerprint density at radius 1 is 1.47 bits per heavy atom. The van der Waals surface area contributed by atoms with Crippen molar-refractivity contribution in [2.24, 2.45) is 0 Å². The molecule has 0 radical (unpaired) electrons. The summed E-state index contributed by atoms with van der Waals surface area (Å²) in [5, 5.41) is 0. The highest BCUT2D eigenvalue weighted by atomic mass is 79.9. The third-order valence-corrected chi connectivity index (χ3v) is 3.98. The standard InChI is InChI=1S/C13H18BrClN2/c1-10-8-11(14)9-16-13(10)17(7-6-15)12-4-2-3-5-12/h8-9,12H,2-7H2,1H3. The van der Waals surface area contributed by atoms with E-state index in [1.54, 1.807) is 0 Å². The Bertz CT molecular complexity index is 378. The Kier molecular flexibility index (Phi) is 4.69. The van der Waals surface area contributed by atoms with Crippen molar-refractivity contribution < 1.29 is 0 Å². The van der Waals surface area contributed by atoms with Crippen LogP contribution in [-0.4, -0.2) is 23.5 Å². The molecule has 0 spiro atoms. The zero-order chi connectivity index (χ0) is 12.3. The first-order chi connectivity index (χ1) is 8.22. The molecule has 4 heteroatoms. The summed E-state index contributed by atoms with van der Waals surface area (Å²) in [4.78, 5) is 6.95. The first-order valence-electron chi connectivity index (χ1n) is 6.17. The van der Waals surface area contributed by atoms with E-state index in [1.807, 2.05) is 6.20 Å². The number of halogens is 2. The van der Waals surface area contributed by atoms with E-state index in [4.69, 9.17) is 11.6 Å². The van der Waals surface area contributed by atoms with Crippen LogP contribution in [0.15, 0.2) is 16.7 Å². The molecule has 1 aliphatic rings. The molecular weight excluding hydrogens is 300 g/mol. The van der Waals surface area contributed by atoms with Gasteiger partial charge >= 0.3 is 0 Å². The van der Waals surface area contributed by atoms with Crippen molar-refractivity contribution >= 4 is 33.3 Å². The van der Waals surface area contributed by atoms with Crippen LogP contribution in [0.3, 0.4) is 0 Å². The van der Waals surface area contributed by atoms with Gasteiger partial charge in [-0.2, -0.15) is 0 Å². The lowest BCUT2D eigenvalue weighted by atomic mass is 10.2. The van der Waals surface area contributed by atoms with Gasteiger partial charge in [0.15, 0.2) is 0 Å². The molecule has 0 atom stereocenters. The maximum absolute atomic E-state index is 5.93.